The first-order valence-electron chi connectivity index (χ1n) is 6.55. The number of carbonyl (C=O) groups excluding carboxylic acids is 1. The fraction of sp³-hybridized carbons (Fsp3) is 0.286. The molecule has 1 heterocycles. The molecule has 132 valence electrons. The van der Waals surface area contributed by atoms with Gasteiger partial charge in [0.15, 0.2) is 0 Å². The van der Waals surface area contributed by atoms with Crippen molar-refractivity contribution in [2.75, 3.05) is 6.54 Å². The van der Waals surface area contributed by atoms with Crippen LogP contribution in [-0.4, -0.2) is 45.2 Å². The number of carbonyl (C=O) groups is 2. The minimum Gasteiger partial charge on any atom is -0.480 e. The second kappa shape index (κ2) is 8.18. The first kappa shape index (κ1) is 20.0. The van der Waals surface area contributed by atoms with Crippen LogP contribution >= 0.6 is 11.8 Å². The number of nitrogens with two attached hydrogens (primary N) is 1. The van der Waals surface area contributed by atoms with E-state index in [9.17, 15) is 22.8 Å². The van der Waals surface area contributed by atoms with Gasteiger partial charge in [-0.15, -0.1) is 0 Å². The molecule has 10 heteroatoms. The minimum atomic E-state index is -4.49. The number of alkyl halides is 3. The van der Waals surface area contributed by atoms with Crippen LogP contribution in [0.4, 0.5) is 13.2 Å². The van der Waals surface area contributed by atoms with Crippen molar-refractivity contribution >= 4 is 29.7 Å². The number of rotatable bonds is 4. The third-order valence-electron chi connectivity index (χ3n) is 3.27. The minimum absolute atomic E-state index is 0.0308. The summed E-state index contributed by atoms with van der Waals surface area (Å²) in [6, 6.07) is 2.94. The first-order valence-corrected chi connectivity index (χ1v) is 7.36. The van der Waals surface area contributed by atoms with Crippen molar-refractivity contribution in [3.8, 4) is 0 Å². The molecule has 0 bridgehead atoms. The zero-order valence-electron chi connectivity index (χ0n) is 12.3. The molecular weight excluding hydrogens is 349 g/mol. The van der Waals surface area contributed by atoms with E-state index in [0.717, 1.165) is 11.0 Å². The van der Waals surface area contributed by atoms with Gasteiger partial charge in [-0.1, -0.05) is 18.7 Å². The number of hydrogen-bond acceptors (Lipinski definition) is 5. The molecule has 6 nitrogen and oxygen atoms in total. The van der Waals surface area contributed by atoms with E-state index >= 15 is 0 Å². The SMILES string of the molecule is C=Cc1ccc(C(=O)N2CC[C@@H]2C(=O)O)cc1SC(F)(F)F.NO. The van der Waals surface area contributed by atoms with Crippen molar-refractivity contribution in [2.24, 2.45) is 5.90 Å². The zero-order valence-corrected chi connectivity index (χ0v) is 13.1. The largest absolute Gasteiger partial charge is 0.480 e. The number of carboxylic acids is 1. The number of benzene rings is 1. The fourth-order valence-corrected chi connectivity index (χ4v) is 2.81. The lowest BCUT2D eigenvalue weighted by Gasteiger charge is -2.38. The van der Waals surface area contributed by atoms with Gasteiger partial charge < -0.3 is 15.2 Å². The van der Waals surface area contributed by atoms with Gasteiger partial charge in [-0.25, -0.2) is 10.7 Å². The smallest absolute Gasteiger partial charge is 0.446 e. The van der Waals surface area contributed by atoms with Crippen LogP contribution in [0, 0.1) is 0 Å². The summed E-state index contributed by atoms with van der Waals surface area (Å²) in [6.45, 7) is 3.72. The van der Waals surface area contributed by atoms with Crippen LogP contribution < -0.4 is 5.90 Å². The second-order valence-corrected chi connectivity index (χ2v) is 5.75. The maximum Gasteiger partial charge on any atom is 0.446 e. The molecule has 4 N–H and O–H groups in total. The van der Waals surface area contributed by atoms with Crippen LogP contribution in [-0.2, 0) is 4.79 Å². The van der Waals surface area contributed by atoms with E-state index in [0.29, 0.717) is 6.42 Å². The highest BCUT2D eigenvalue weighted by Crippen LogP contribution is 2.39. The van der Waals surface area contributed by atoms with E-state index in [1.54, 1.807) is 0 Å². The molecule has 1 atom stereocenters. The highest BCUT2D eigenvalue weighted by atomic mass is 32.2. The molecule has 1 fully saturated rings. The summed E-state index contributed by atoms with van der Waals surface area (Å²) in [7, 11) is 0. The van der Waals surface area contributed by atoms with E-state index in [4.69, 9.17) is 10.3 Å². The molecule has 0 saturated carbocycles. The van der Waals surface area contributed by atoms with E-state index in [1.807, 2.05) is 0 Å². The summed E-state index contributed by atoms with van der Waals surface area (Å²) in [5.41, 5.74) is -4.19. The Balaban J connectivity index is 0.00000139. The number of halogens is 3. The highest BCUT2D eigenvalue weighted by Gasteiger charge is 2.38. The molecule has 1 saturated heterocycles. The number of nitrogens with zero attached hydrogens (tertiary/aromatic N) is 1. The van der Waals surface area contributed by atoms with Gasteiger partial charge in [-0.3, -0.25) is 4.79 Å². The Kier molecular flexibility index (Phi) is 6.81. The highest BCUT2D eigenvalue weighted by molar-refractivity contribution is 8.00. The molecule has 24 heavy (non-hydrogen) atoms. The quantitative estimate of drug-likeness (QED) is 0.560. The number of amides is 1. The van der Waals surface area contributed by atoms with E-state index < -0.39 is 23.4 Å². The molecule has 0 spiro atoms. The van der Waals surface area contributed by atoms with Crippen molar-refractivity contribution in [1.29, 1.82) is 0 Å². The topological polar surface area (TPSA) is 104 Å². The standard InChI is InChI=1S/C14H12F3NO3S.H3NO/c1-2-8-3-4-9(7-11(8)22-14(15,16)17)12(19)18-6-5-10(18)13(20)21;1-2/h2-4,7,10H,1,5-6H2,(H,20,21);2H,1H2/t10-;/m1./s1. The Labute approximate surface area is 139 Å². The predicted octanol–water partition coefficient (Wildman–Crippen LogP) is 2.57. The van der Waals surface area contributed by atoms with Gasteiger partial charge in [0.05, 0.1) is 0 Å². The number of likely N-dealkylation sites (tertiary alicyclic amines) is 1. The van der Waals surface area contributed by atoms with Crippen molar-refractivity contribution in [3.63, 3.8) is 0 Å². The van der Waals surface area contributed by atoms with Crippen LogP contribution in [0.5, 0.6) is 0 Å². The van der Waals surface area contributed by atoms with Gasteiger partial charge in [0.2, 0.25) is 0 Å². The molecule has 1 amide bonds. The molecular formula is C14H15F3N2O4S. The summed E-state index contributed by atoms with van der Waals surface area (Å²) >= 11 is -0.330. The van der Waals surface area contributed by atoms with Crippen molar-refractivity contribution in [2.45, 2.75) is 22.9 Å². The molecule has 0 unspecified atom stereocenters. The van der Waals surface area contributed by atoms with E-state index in [1.165, 1.54) is 18.2 Å². The van der Waals surface area contributed by atoms with Gasteiger partial charge in [0, 0.05) is 17.0 Å². The second-order valence-electron chi connectivity index (χ2n) is 4.65. The molecule has 0 aliphatic carbocycles. The third kappa shape index (κ3) is 4.73. The van der Waals surface area contributed by atoms with Gasteiger partial charge in [-0.05, 0) is 35.9 Å². The Morgan fingerprint density at radius 3 is 2.42 bits per heavy atom. The number of carboxylic acid groups (broad SMARTS) is 1. The predicted molar refractivity (Wildman–Crippen MR) is 81.5 cm³/mol. The summed E-state index contributed by atoms with van der Waals surface area (Å²) < 4.78 is 37.6. The lowest BCUT2D eigenvalue weighted by Crippen LogP contribution is -2.55. The Hall–Kier alpha value is -2.04. The summed E-state index contributed by atoms with van der Waals surface area (Å²) in [5.74, 6) is 1.80. The Bertz CT molecular complexity index is 637. The van der Waals surface area contributed by atoms with Gasteiger partial charge in [0.1, 0.15) is 6.04 Å². The van der Waals surface area contributed by atoms with Crippen LogP contribution in [0.25, 0.3) is 6.08 Å². The molecule has 0 aromatic heterocycles. The lowest BCUT2D eigenvalue weighted by molar-refractivity contribution is -0.146. The lowest BCUT2D eigenvalue weighted by atomic mass is 10.0. The maximum atomic E-state index is 12.5. The molecule has 1 aliphatic heterocycles. The number of aliphatic carboxylic acids is 1. The number of thioether (sulfide) groups is 1. The maximum absolute atomic E-state index is 12.5. The average Bonchev–Trinajstić information content (AvgIpc) is 2.45. The summed E-state index contributed by atoms with van der Waals surface area (Å²) in [5, 5.41) is 15.4. The molecule has 1 aromatic carbocycles. The fourth-order valence-electron chi connectivity index (χ4n) is 2.10. The van der Waals surface area contributed by atoms with Crippen LogP contribution in [0.3, 0.4) is 0 Å². The van der Waals surface area contributed by atoms with Crippen molar-refractivity contribution in [3.05, 3.63) is 35.9 Å². The monoisotopic (exact) mass is 364 g/mol. The Morgan fingerprint density at radius 2 is 2.00 bits per heavy atom. The number of hydrogen-bond donors (Lipinski definition) is 3. The van der Waals surface area contributed by atoms with Crippen LogP contribution in [0.15, 0.2) is 29.7 Å². The Morgan fingerprint density at radius 1 is 1.38 bits per heavy atom. The normalized spacial score (nSPS) is 16.5. The summed E-state index contributed by atoms with van der Waals surface area (Å²) in [4.78, 5) is 24.1. The van der Waals surface area contributed by atoms with Gasteiger partial charge >= 0.3 is 11.5 Å². The average molecular weight is 364 g/mol. The summed E-state index contributed by atoms with van der Waals surface area (Å²) in [6.07, 6.45) is 1.61. The first-order chi connectivity index (χ1) is 11.2. The van der Waals surface area contributed by atoms with Gasteiger partial charge in [-0.2, -0.15) is 13.2 Å². The van der Waals surface area contributed by atoms with Crippen LogP contribution in [0.2, 0.25) is 0 Å². The van der Waals surface area contributed by atoms with Gasteiger partial charge in [0.25, 0.3) is 5.91 Å². The molecule has 2 rings (SSSR count). The van der Waals surface area contributed by atoms with Crippen molar-refractivity contribution < 1.29 is 33.1 Å². The van der Waals surface area contributed by atoms with Crippen LogP contribution in [0.1, 0.15) is 22.3 Å². The van der Waals surface area contributed by atoms with E-state index in [-0.39, 0.29) is 34.3 Å². The third-order valence-corrected chi connectivity index (χ3v) is 4.08. The molecule has 0 radical (unpaired) electrons. The molecule has 1 aromatic rings. The van der Waals surface area contributed by atoms with Crippen molar-refractivity contribution in [1.82, 2.24) is 4.90 Å². The molecule has 1 aliphatic rings. The van der Waals surface area contributed by atoms with E-state index in [2.05, 4.69) is 12.5 Å². The zero-order chi connectivity index (χ0) is 18.5.